The van der Waals surface area contributed by atoms with Gasteiger partial charge in [0.15, 0.2) is 0 Å². The molecule has 0 spiro atoms. The predicted molar refractivity (Wildman–Crippen MR) is 158 cm³/mol. The zero-order chi connectivity index (χ0) is 28.9. The van der Waals surface area contributed by atoms with Crippen molar-refractivity contribution in [3.8, 4) is 0 Å². The highest BCUT2D eigenvalue weighted by molar-refractivity contribution is 5.92. The number of nitrogens with zero attached hydrogens (tertiary/aromatic N) is 5. The fraction of sp³-hybridized carbons (Fsp3) is 0.281. The first-order valence-electron chi connectivity index (χ1n) is 13.7. The highest BCUT2D eigenvalue weighted by Gasteiger charge is 2.52. The lowest BCUT2D eigenvalue weighted by molar-refractivity contribution is -0.158. The van der Waals surface area contributed by atoms with Crippen LogP contribution in [0.3, 0.4) is 0 Å². The number of carbonyl (C=O) groups is 3. The Bertz CT molecular complexity index is 1400. The van der Waals surface area contributed by atoms with Crippen LogP contribution in [0.2, 0.25) is 0 Å². The largest absolute Gasteiger partial charge is 0.378 e. The van der Waals surface area contributed by atoms with Gasteiger partial charge in [0.2, 0.25) is 5.91 Å². The van der Waals surface area contributed by atoms with E-state index in [1.54, 1.807) is 20.9 Å². The maximum atomic E-state index is 14.0. The summed E-state index contributed by atoms with van der Waals surface area (Å²) in [6.07, 6.45) is 1.12. The molecule has 9 heteroatoms. The molecule has 3 aromatic carbocycles. The fourth-order valence-electron chi connectivity index (χ4n) is 5.48. The number of fused-ring (bicyclic) bond motifs is 1. The number of nitrogens with one attached hydrogen (secondary N) is 1. The second kappa shape index (κ2) is 12.3. The van der Waals surface area contributed by atoms with Gasteiger partial charge in [0.05, 0.1) is 19.6 Å². The van der Waals surface area contributed by atoms with Gasteiger partial charge in [0.1, 0.15) is 12.2 Å². The van der Waals surface area contributed by atoms with Gasteiger partial charge in [0.25, 0.3) is 5.91 Å². The Morgan fingerprint density at radius 2 is 1.66 bits per heavy atom. The summed E-state index contributed by atoms with van der Waals surface area (Å²) in [5.41, 5.74) is 3.74. The van der Waals surface area contributed by atoms with Gasteiger partial charge in [-0.1, -0.05) is 78.9 Å². The highest BCUT2D eigenvalue weighted by atomic mass is 16.2. The first-order valence-corrected chi connectivity index (χ1v) is 13.7. The number of amides is 4. The van der Waals surface area contributed by atoms with Crippen molar-refractivity contribution in [2.45, 2.75) is 25.3 Å². The third-order valence-corrected chi connectivity index (χ3v) is 7.51. The Labute approximate surface area is 241 Å². The molecule has 0 radical (unpaired) electrons. The van der Waals surface area contributed by atoms with Gasteiger partial charge in [-0.3, -0.25) is 14.6 Å². The fourth-order valence-corrected chi connectivity index (χ4v) is 5.48. The molecule has 0 unspecified atom stereocenters. The maximum absolute atomic E-state index is 14.0. The molecular formula is C32H36N6O3. The van der Waals surface area contributed by atoms with Crippen LogP contribution in [0.1, 0.15) is 22.7 Å². The van der Waals surface area contributed by atoms with Crippen molar-refractivity contribution in [3.05, 3.63) is 114 Å². The lowest BCUT2D eigenvalue weighted by Crippen LogP contribution is -2.62. The van der Waals surface area contributed by atoms with E-state index in [1.807, 2.05) is 97.9 Å². The molecule has 9 nitrogen and oxygen atoms in total. The van der Waals surface area contributed by atoms with E-state index >= 15 is 0 Å². The maximum Gasteiger partial charge on any atom is 0.332 e. The van der Waals surface area contributed by atoms with Crippen molar-refractivity contribution >= 4 is 23.5 Å². The van der Waals surface area contributed by atoms with Gasteiger partial charge in [-0.25, -0.2) is 4.79 Å². The second-order valence-electron chi connectivity index (χ2n) is 10.5. The van der Waals surface area contributed by atoms with Crippen molar-refractivity contribution in [3.63, 3.8) is 0 Å². The molecule has 2 aliphatic heterocycles. The van der Waals surface area contributed by atoms with Crippen molar-refractivity contribution in [1.29, 1.82) is 0 Å². The van der Waals surface area contributed by atoms with Gasteiger partial charge >= 0.3 is 6.03 Å². The smallest absolute Gasteiger partial charge is 0.332 e. The lowest BCUT2D eigenvalue weighted by Gasteiger charge is -2.46. The SMILES string of the molecule is C=CCN(C(=O)NCc1ccccc1)N1CC(=O)N2[C@@H](c3ccccc3)C(=O)N(Cc3cccc(N(C)C)c3)C[C@@H]21. The average molecular weight is 553 g/mol. The minimum atomic E-state index is -0.789. The number of benzene rings is 3. The summed E-state index contributed by atoms with van der Waals surface area (Å²) in [5.74, 6) is -0.335. The minimum absolute atomic E-state index is 0.0160. The Kier molecular flexibility index (Phi) is 8.35. The Morgan fingerprint density at radius 3 is 2.34 bits per heavy atom. The minimum Gasteiger partial charge on any atom is -0.378 e. The average Bonchev–Trinajstić information content (AvgIpc) is 3.31. The van der Waals surface area contributed by atoms with Crippen molar-refractivity contribution in [1.82, 2.24) is 25.1 Å². The zero-order valence-corrected chi connectivity index (χ0v) is 23.5. The van der Waals surface area contributed by atoms with Crippen LogP contribution in [0.25, 0.3) is 0 Å². The van der Waals surface area contributed by atoms with Crippen LogP contribution in [-0.2, 0) is 22.7 Å². The molecule has 0 aromatic heterocycles. The third kappa shape index (κ3) is 5.95. The molecule has 2 fully saturated rings. The number of anilines is 1. The molecule has 0 bridgehead atoms. The molecule has 5 rings (SSSR count). The molecule has 2 atom stereocenters. The van der Waals surface area contributed by atoms with Crippen LogP contribution in [0, 0.1) is 0 Å². The van der Waals surface area contributed by atoms with Crippen LogP contribution in [-0.4, -0.2) is 77.6 Å². The Balaban J connectivity index is 1.45. The van der Waals surface area contributed by atoms with E-state index in [9.17, 15) is 14.4 Å². The Hall–Kier alpha value is -4.63. The molecular weight excluding hydrogens is 516 g/mol. The summed E-state index contributed by atoms with van der Waals surface area (Å²) >= 11 is 0. The molecule has 2 saturated heterocycles. The normalized spacial score (nSPS) is 18.7. The number of rotatable bonds is 9. The molecule has 3 aromatic rings. The van der Waals surface area contributed by atoms with Crippen LogP contribution < -0.4 is 10.2 Å². The quantitative estimate of drug-likeness (QED) is 0.411. The number of piperazine rings is 1. The number of hydrogen-bond donors (Lipinski definition) is 1. The summed E-state index contributed by atoms with van der Waals surface area (Å²) in [6.45, 7) is 5.05. The van der Waals surface area contributed by atoms with E-state index in [4.69, 9.17) is 0 Å². The molecule has 0 saturated carbocycles. The standard InChI is InChI=1S/C32H36N6O3/c1-4-18-36(32(41)33-20-24-12-7-5-8-13-24)37-23-29(39)38-28(37)22-35(21-25-14-11-17-27(19-25)34(2)3)31(40)30(38)26-15-9-6-10-16-26/h4-17,19,28,30H,1,18,20-23H2,2-3H3,(H,33,41)/t28-,30+/m1/s1. The van der Waals surface area contributed by atoms with Crippen LogP contribution in [0.5, 0.6) is 0 Å². The van der Waals surface area contributed by atoms with Gasteiger partial charge in [0, 0.05) is 32.9 Å². The first kappa shape index (κ1) is 27.9. The molecule has 4 amide bonds. The second-order valence-corrected chi connectivity index (χ2v) is 10.5. The first-order chi connectivity index (χ1) is 19.9. The number of hydrazine groups is 1. The summed E-state index contributed by atoms with van der Waals surface area (Å²) in [7, 11) is 3.96. The summed E-state index contributed by atoms with van der Waals surface area (Å²) in [4.78, 5) is 46.5. The lowest BCUT2D eigenvalue weighted by atomic mass is 10.00. The summed E-state index contributed by atoms with van der Waals surface area (Å²) in [6, 6.07) is 26.0. The number of urea groups is 1. The van der Waals surface area contributed by atoms with E-state index in [-0.39, 0.29) is 37.5 Å². The van der Waals surface area contributed by atoms with Crippen molar-refractivity contribution in [2.75, 3.05) is 38.6 Å². The number of hydrogen-bond acceptors (Lipinski definition) is 5. The topological polar surface area (TPSA) is 79.4 Å². The van der Waals surface area contributed by atoms with Gasteiger partial charge in [-0.15, -0.1) is 6.58 Å². The molecule has 212 valence electrons. The van der Waals surface area contributed by atoms with E-state index in [1.165, 1.54) is 5.01 Å². The summed E-state index contributed by atoms with van der Waals surface area (Å²) < 4.78 is 0. The third-order valence-electron chi connectivity index (χ3n) is 7.51. The van der Waals surface area contributed by atoms with Gasteiger partial charge < -0.3 is 20.0 Å². The molecule has 2 aliphatic rings. The van der Waals surface area contributed by atoms with Crippen molar-refractivity contribution < 1.29 is 14.4 Å². The predicted octanol–water partition coefficient (Wildman–Crippen LogP) is 3.62. The molecule has 0 aliphatic carbocycles. The molecule has 1 N–H and O–H groups in total. The molecule has 2 heterocycles. The van der Waals surface area contributed by atoms with E-state index in [0.717, 1.165) is 22.4 Å². The van der Waals surface area contributed by atoms with Crippen LogP contribution in [0.15, 0.2) is 97.6 Å². The zero-order valence-electron chi connectivity index (χ0n) is 23.5. The van der Waals surface area contributed by atoms with E-state index < -0.39 is 12.2 Å². The van der Waals surface area contributed by atoms with Gasteiger partial charge in [-0.05, 0) is 28.8 Å². The molecule has 41 heavy (non-hydrogen) atoms. The monoisotopic (exact) mass is 552 g/mol. The number of carbonyl (C=O) groups excluding carboxylic acids is 3. The van der Waals surface area contributed by atoms with Crippen molar-refractivity contribution in [2.24, 2.45) is 0 Å². The van der Waals surface area contributed by atoms with E-state index in [2.05, 4.69) is 18.0 Å². The van der Waals surface area contributed by atoms with Gasteiger partial charge in [-0.2, -0.15) is 5.01 Å². The van der Waals surface area contributed by atoms with Crippen LogP contribution >= 0.6 is 0 Å². The summed E-state index contributed by atoms with van der Waals surface area (Å²) in [5, 5.41) is 6.28. The highest BCUT2D eigenvalue weighted by Crippen LogP contribution is 2.36. The Morgan fingerprint density at radius 1 is 0.976 bits per heavy atom. The van der Waals surface area contributed by atoms with E-state index in [0.29, 0.717) is 13.1 Å². The van der Waals surface area contributed by atoms with Crippen LogP contribution in [0.4, 0.5) is 10.5 Å².